The molecule has 3 heteroatoms. The van der Waals surface area contributed by atoms with Gasteiger partial charge in [-0.2, -0.15) is 0 Å². The van der Waals surface area contributed by atoms with Crippen LogP contribution in [0.2, 0.25) is 0 Å². The minimum absolute atomic E-state index is 0.281. The van der Waals surface area contributed by atoms with Gasteiger partial charge in [0.1, 0.15) is 5.75 Å². The molecule has 1 aliphatic rings. The topological polar surface area (TPSA) is 26.3 Å². The number of halogens is 1. The lowest BCUT2D eigenvalue weighted by Crippen LogP contribution is -2.13. The zero-order valence-electron chi connectivity index (χ0n) is 9.99. The summed E-state index contributed by atoms with van der Waals surface area (Å²) < 4.78 is 5.01. The maximum Gasteiger partial charge on any atom is 0.308 e. The van der Waals surface area contributed by atoms with Crippen LogP contribution >= 0.6 is 11.6 Å². The van der Waals surface area contributed by atoms with Crippen molar-refractivity contribution in [3.63, 3.8) is 0 Å². The number of ether oxygens (including phenoxy) is 1. The summed E-state index contributed by atoms with van der Waals surface area (Å²) in [5, 5.41) is 0.307. The van der Waals surface area contributed by atoms with E-state index in [0.717, 1.165) is 12.8 Å². The lowest BCUT2D eigenvalue weighted by atomic mass is 9.84. The first-order chi connectivity index (χ1) is 8.15. The van der Waals surface area contributed by atoms with Gasteiger partial charge in [-0.15, -0.1) is 11.6 Å². The normalized spacial score (nSPS) is 24.4. The largest absolute Gasteiger partial charge is 0.427 e. The Kier molecular flexibility index (Phi) is 4.06. The third kappa shape index (κ3) is 3.47. The Morgan fingerprint density at radius 3 is 2.59 bits per heavy atom. The number of alkyl halides is 1. The van der Waals surface area contributed by atoms with Crippen molar-refractivity contribution in [3.05, 3.63) is 29.8 Å². The second-order valence-corrected chi connectivity index (χ2v) is 5.24. The zero-order valence-corrected chi connectivity index (χ0v) is 10.7. The van der Waals surface area contributed by atoms with Gasteiger partial charge in [0.15, 0.2) is 0 Å². The van der Waals surface area contributed by atoms with Crippen molar-refractivity contribution in [2.75, 3.05) is 0 Å². The molecule has 2 rings (SSSR count). The van der Waals surface area contributed by atoms with Crippen molar-refractivity contribution >= 4 is 17.6 Å². The molecule has 0 aromatic heterocycles. The van der Waals surface area contributed by atoms with Gasteiger partial charge in [0.25, 0.3) is 0 Å². The summed E-state index contributed by atoms with van der Waals surface area (Å²) in [6.45, 7) is 1.41. The Hall–Kier alpha value is -1.02. The lowest BCUT2D eigenvalue weighted by Gasteiger charge is -2.25. The molecule has 0 radical (unpaired) electrons. The molecular formula is C14H17ClO2. The smallest absolute Gasteiger partial charge is 0.308 e. The molecule has 17 heavy (non-hydrogen) atoms. The maximum atomic E-state index is 10.8. The molecule has 1 aromatic carbocycles. The van der Waals surface area contributed by atoms with Crippen LogP contribution in [0.4, 0.5) is 0 Å². The molecule has 0 bridgehead atoms. The second kappa shape index (κ2) is 5.54. The minimum atomic E-state index is -0.281. The first-order valence-electron chi connectivity index (χ1n) is 6.07. The molecule has 0 spiro atoms. The predicted molar refractivity (Wildman–Crippen MR) is 68.6 cm³/mol. The summed E-state index contributed by atoms with van der Waals surface area (Å²) in [6, 6.07) is 7.79. The average Bonchev–Trinajstić information content (AvgIpc) is 2.29. The zero-order chi connectivity index (χ0) is 12.3. The van der Waals surface area contributed by atoms with Gasteiger partial charge in [-0.05, 0) is 42.9 Å². The summed E-state index contributed by atoms with van der Waals surface area (Å²) in [5.41, 5.74) is 1.30. The van der Waals surface area contributed by atoms with Gasteiger partial charge in [0, 0.05) is 12.3 Å². The van der Waals surface area contributed by atoms with Crippen molar-refractivity contribution in [3.8, 4) is 5.75 Å². The third-order valence-electron chi connectivity index (χ3n) is 3.22. The summed E-state index contributed by atoms with van der Waals surface area (Å²) >= 11 is 6.19. The van der Waals surface area contributed by atoms with E-state index in [2.05, 4.69) is 0 Å². The van der Waals surface area contributed by atoms with Crippen LogP contribution < -0.4 is 4.74 Å². The molecule has 2 nitrogen and oxygen atoms in total. The summed E-state index contributed by atoms with van der Waals surface area (Å²) in [7, 11) is 0. The van der Waals surface area contributed by atoms with Gasteiger partial charge in [-0.1, -0.05) is 18.6 Å². The Balaban J connectivity index is 2.04. The van der Waals surface area contributed by atoms with Gasteiger partial charge in [0.05, 0.1) is 0 Å². The van der Waals surface area contributed by atoms with Crippen LogP contribution in [0.3, 0.4) is 0 Å². The van der Waals surface area contributed by atoms with E-state index in [-0.39, 0.29) is 5.97 Å². The number of esters is 1. The number of rotatable bonds is 2. The molecule has 0 saturated heterocycles. The first-order valence-corrected chi connectivity index (χ1v) is 6.51. The molecule has 0 heterocycles. The highest BCUT2D eigenvalue weighted by Gasteiger charge is 2.21. The molecule has 0 aliphatic heterocycles. The van der Waals surface area contributed by atoms with Crippen molar-refractivity contribution < 1.29 is 9.53 Å². The molecular weight excluding hydrogens is 236 g/mol. The summed E-state index contributed by atoms with van der Waals surface area (Å²) in [5.74, 6) is 0.883. The lowest BCUT2D eigenvalue weighted by molar-refractivity contribution is -0.131. The van der Waals surface area contributed by atoms with E-state index in [4.69, 9.17) is 16.3 Å². The van der Waals surface area contributed by atoms with Gasteiger partial charge in [-0.3, -0.25) is 4.79 Å². The minimum Gasteiger partial charge on any atom is -0.427 e. The molecule has 1 aromatic rings. The van der Waals surface area contributed by atoms with Crippen LogP contribution in [-0.2, 0) is 4.79 Å². The van der Waals surface area contributed by atoms with E-state index in [1.807, 2.05) is 24.3 Å². The van der Waals surface area contributed by atoms with Crippen LogP contribution in [0.5, 0.6) is 5.75 Å². The Bertz CT molecular complexity index is 386. The van der Waals surface area contributed by atoms with Crippen molar-refractivity contribution in [2.24, 2.45) is 0 Å². The van der Waals surface area contributed by atoms with E-state index in [1.54, 1.807) is 0 Å². The molecule has 0 N–H and O–H groups in total. The van der Waals surface area contributed by atoms with Crippen LogP contribution in [-0.4, -0.2) is 11.3 Å². The highest BCUT2D eigenvalue weighted by atomic mass is 35.5. The van der Waals surface area contributed by atoms with Crippen LogP contribution in [0.1, 0.15) is 44.1 Å². The standard InChI is InChI=1S/C14H17ClO2/c1-10(16)17-14-7-5-11(6-8-14)12-3-2-4-13(15)9-12/h5-8,12-13H,2-4,9H2,1H3. The van der Waals surface area contributed by atoms with Crippen molar-refractivity contribution in [1.29, 1.82) is 0 Å². The Morgan fingerprint density at radius 2 is 2.00 bits per heavy atom. The molecule has 1 saturated carbocycles. The molecule has 1 aliphatic carbocycles. The highest BCUT2D eigenvalue weighted by Crippen LogP contribution is 2.35. The van der Waals surface area contributed by atoms with Crippen LogP contribution in [0.25, 0.3) is 0 Å². The second-order valence-electron chi connectivity index (χ2n) is 4.62. The Morgan fingerprint density at radius 1 is 1.29 bits per heavy atom. The molecule has 92 valence electrons. The van der Waals surface area contributed by atoms with Gasteiger partial charge < -0.3 is 4.74 Å². The fraction of sp³-hybridized carbons (Fsp3) is 0.500. The number of hydrogen-bond donors (Lipinski definition) is 0. The number of carbonyl (C=O) groups excluding carboxylic acids is 1. The fourth-order valence-corrected chi connectivity index (χ4v) is 2.78. The number of hydrogen-bond acceptors (Lipinski definition) is 2. The summed E-state index contributed by atoms with van der Waals surface area (Å²) in [6.07, 6.45) is 4.58. The Labute approximate surface area is 107 Å². The number of benzene rings is 1. The fourth-order valence-electron chi connectivity index (χ4n) is 2.41. The molecule has 1 fully saturated rings. The van der Waals surface area contributed by atoms with Crippen molar-refractivity contribution in [1.82, 2.24) is 0 Å². The van der Waals surface area contributed by atoms with E-state index in [0.29, 0.717) is 17.0 Å². The highest BCUT2D eigenvalue weighted by molar-refractivity contribution is 6.20. The third-order valence-corrected chi connectivity index (χ3v) is 3.62. The monoisotopic (exact) mass is 252 g/mol. The molecule has 2 atom stereocenters. The van der Waals surface area contributed by atoms with Gasteiger partial charge in [-0.25, -0.2) is 0 Å². The number of carbonyl (C=O) groups is 1. The predicted octanol–water partition coefficient (Wildman–Crippen LogP) is 3.88. The summed E-state index contributed by atoms with van der Waals surface area (Å²) in [4.78, 5) is 10.8. The SMILES string of the molecule is CC(=O)Oc1ccc(C2CCCC(Cl)C2)cc1. The average molecular weight is 253 g/mol. The van der Waals surface area contributed by atoms with E-state index in [1.165, 1.54) is 25.3 Å². The van der Waals surface area contributed by atoms with E-state index in [9.17, 15) is 4.79 Å². The van der Waals surface area contributed by atoms with Crippen molar-refractivity contribution in [2.45, 2.75) is 43.9 Å². The van der Waals surface area contributed by atoms with Crippen LogP contribution in [0.15, 0.2) is 24.3 Å². The van der Waals surface area contributed by atoms with Crippen LogP contribution in [0, 0.1) is 0 Å². The van der Waals surface area contributed by atoms with E-state index >= 15 is 0 Å². The van der Waals surface area contributed by atoms with Gasteiger partial charge >= 0.3 is 5.97 Å². The quantitative estimate of drug-likeness (QED) is 0.454. The van der Waals surface area contributed by atoms with E-state index < -0.39 is 0 Å². The first kappa shape index (κ1) is 12.4. The van der Waals surface area contributed by atoms with Gasteiger partial charge in [0.2, 0.25) is 0 Å². The molecule has 0 amide bonds. The maximum absolute atomic E-state index is 10.8. The molecule has 2 unspecified atom stereocenters.